The second-order valence-corrected chi connectivity index (χ2v) is 7.96. The lowest BCUT2D eigenvalue weighted by molar-refractivity contribution is 0.414. The van der Waals surface area contributed by atoms with E-state index in [0.717, 1.165) is 57.2 Å². The fourth-order valence-corrected chi connectivity index (χ4v) is 4.26. The van der Waals surface area contributed by atoms with Crippen molar-refractivity contribution in [2.24, 2.45) is 4.99 Å². The minimum absolute atomic E-state index is 0. The zero-order chi connectivity index (χ0) is 19.1. The first-order chi connectivity index (χ1) is 13.2. The quantitative estimate of drug-likeness (QED) is 0.340. The molecule has 1 aliphatic heterocycles. The highest BCUT2D eigenvalue weighted by Crippen LogP contribution is 2.28. The van der Waals surface area contributed by atoms with Gasteiger partial charge in [-0.05, 0) is 37.5 Å². The summed E-state index contributed by atoms with van der Waals surface area (Å²) in [5, 5.41) is 4.64. The molecule has 7 heteroatoms. The lowest BCUT2D eigenvalue weighted by Crippen LogP contribution is -2.40. The number of ether oxygens (including phenoxy) is 1. The van der Waals surface area contributed by atoms with Gasteiger partial charge in [0.1, 0.15) is 5.75 Å². The number of likely N-dealkylation sites (tertiary alicyclic amines) is 1. The Bertz CT molecular complexity index is 747. The molecule has 0 bridgehead atoms. The standard InChI is InChI=1S/C21H30N4OS.HI/c1-4-19-14-24-20(27-19)10-12-23-21(22-5-2)25-13-11-17(15-25)16-6-8-18(26-3)9-7-16;/h6-9,14,17H,4-5,10-13,15H2,1-3H3,(H,22,23);1H. The number of nitrogens with one attached hydrogen (secondary N) is 1. The van der Waals surface area contributed by atoms with Crippen molar-refractivity contribution >= 4 is 41.3 Å². The van der Waals surface area contributed by atoms with Crippen LogP contribution in [0.15, 0.2) is 35.5 Å². The molecule has 1 saturated heterocycles. The molecule has 0 saturated carbocycles. The highest BCUT2D eigenvalue weighted by Gasteiger charge is 2.26. The van der Waals surface area contributed by atoms with Gasteiger partial charge in [0.2, 0.25) is 0 Å². The van der Waals surface area contributed by atoms with Crippen LogP contribution in [0.3, 0.4) is 0 Å². The highest BCUT2D eigenvalue weighted by atomic mass is 127. The smallest absolute Gasteiger partial charge is 0.193 e. The van der Waals surface area contributed by atoms with E-state index in [-0.39, 0.29) is 24.0 Å². The summed E-state index contributed by atoms with van der Waals surface area (Å²) in [4.78, 5) is 13.1. The number of halogens is 1. The summed E-state index contributed by atoms with van der Waals surface area (Å²) in [6.45, 7) is 8.02. The third kappa shape index (κ3) is 6.07. The minimum atomic E-state index is 0. The molecule has 3 rings (SSSR count). The zero-order valence-corrected chi connectivity index (χ0v) is 20.1. The number of rotatable bonds is 7. The molecule has 5 nitrogen and oxygen atoms in total. The van der Waals surface area contributed by atoms with Crippen LogP contribution in [0.1, 0.15) is 41.6 Å². The summed E-state index contributed by atoms with van der Waals surface area (Å²) < 4.78 is 5.27. The monoisotopic (exact) mass is 514 g/mol. The molecule has 2 aromatic rings. The number of hydrogen-bond acceptors (Lipinski definition) is 4. The number of guanidine groups is 1. The van der Waals surface area contributed by atoms with Crippen molar-refractivity contribution < 1.29 is 4.74 Å². The van der Waals surface area contributed by atoms with Gasteiger partial charge >= 0.3 is 0 Å². The number of aryl methyl sites for hydroxylation is 1. The highest BCUT2D eigenvalue weighted by molar-refractivity contribution is 14.0. The van der Waals surface area contributed by atoms with Crippen molar-refractivity contribution in [1.82, 2.24) is 15.2 Å². The van der Waals surface area contributed by atoms with E-state index < -0.39 is 0 Å². The molecule has 1 aliphatic rings. The van der Waals surface area contributed by atoms with Crippen molar-refractivity contribution in [3.63, 3.8) is 0 Å². The number of aromatic nitrogens is 1. The molecule has 2 heterocycles. The maximum absolute atomic E-state index is 5.27. The number of methoxy groups -OCH3 is 1. The fraction of sp³-hybridized carbons (Fsp3) is 0.524. The van der Waals surface area contributed by atoms with Crippen LogP contribution < -0.4 is 10.1 Å². The molecule has 154 valence electrons. The maximum atomic E-state index is 5.27. The Labute approximate surface area is 189 Å². The molecule has 1 aromatic heterocycles. The van der Waals surface area contributed by atoms with Crippen molar-refractivity contribution in [2.45, 2.75) is 39.0 Å². The Kier molecular flexibility index (Phi) is 9.50. The molecule has 0 spiro atoms. The second-order valence-electron chi connectivity index (χ2n) is 6.76. The Hall–Kier alpha value is -1.35. The SMILES string of the molecule is CCNC(=NCCc1ncc(CC)s1)N1CCC(c2ccc(OC)cc2)C1.I. The number of aliphatic imine (C=N–C) groups is 1. The largest absolute Gasteiger partial charge is 0.497 e. The summed E-state index contributed by atoms with van der Waals surface area (Å²) in [6, 6.07) is 8.47. The fourth-order valence-electron chi connectivity index (χ4n) is 3.41. The van der Waals surface area contributed by atoms with Gasteiger partial charge in [-0.1, -0.05) is 19.1 Å². The van der Waals surface area contributed by atoms with E-state index in [4.69, 9.17) is 9.73 Å². The summed E-state index contributed by atoms with van der Waals surface area (Å²) >= 11 is 1.81. The van der Waals surface area contributed by atoms with Crippen molar-refractivity contribution in [1.29, 1.82) is 0 Å². The zero-order valence-electron chi connectivity index (χ0n) is 17.0. The van der Waals surface area contributed by atoms with E-state index in [0.29, 0.717) is 5.92 Å². The summed E-state index contributed by atoms with van der Waals surface area (Å²) in [6.07, 6.45) is 5.12. The van der Waals surface area contributed by atoms with Crippen molar-refractivity contribution in [2.75, 3.05) is 33.3 Å². The predicted octanol–water partition coefficient (Wildman–Crippen LogP) is 4.33. The van der Waals surface area contributed by atoms with Crippen molar-refractivity contribution in [3.05, 3.63) is 45.9 Å². The van der Waals surface area contributed by atoms with Gasteiger partial charge in [-0.25, -0.2) is 4.98 Å². The number of benzene rings is 1. The van der Waals surface area contributed by atoms with Crippen molar-refractivity contribution in [3.8, 4) is 5.75 Å². The topological polar surface area (TPSA) is 49.8 Å². The lowest BCUT2D eigenvalue weighted by atomic mass is 9.98. The van der Waals surface area contributed by atoms with Crippen LogP contribution in [0.2, 0.25) is 0 Å². The summed E-state index contributed by atoms with van der Waals surface area (Å²) in [5.41, 5.74) is 1.38. The van der Waals surface area contributed by atoms with Crippen LogP contribution in [0.5, 0.6) is 5.75 Å². The normalized spacial score (nSPS) is 16.8. The third-order valence-corrected chi connectivity index (χ3v) is 6.15. The molecule has 1 aromatic carbocycles. The van der Waals surface area contributed by atoms with Gasteiger partial charge in [-0.15, -0.1) is 35.3 Å². The maximum Gasteiger partial charge on any atom is 0.193 e. The molecule has 1 unspecified atom stereocenters. The molecular weight excluding hydrogens is 483 g/mol. The van der Waals surface area contributed by atoms with Gasteiger partial charge in [0.25, 0.3) is 0 Å². The average Bonchev–Trinajstić information content (AvgIpc) is 3.37. The predicted molar refractivity (Wildman–Crippen MR) is 129 cm³/mol. The van der Waals surface area contributed by atoms with Gasteiger partial charge in [0.15, 0.2) is 5.96 Å². The van der Waals surface area contributed by atoms with Gasteiger partial charge < -0.3 is 15.0 Å². The van der Waals surface area contributed by atoms with Crippen LogP contribution in [0, 0.1) is 0 Å². The first-order valence-corrected chi connectivity index (χ1v) is 10.7. The van der Waals surface area contributed by atoms with Crippen LogP contribution in [0.25, 0.3) is 0 Å². The summed E-state index contributed by atoms with van der Waals surface area (Å²) in [5.74, 6) is 2.49. The summed E-state index contributed by atoms with van der Waals surface area (Å²) in [7, 11) is 1.71. The molecule has 28 heavy (non-hydrogen) atoms. The van der Waals surface area contributed by atoms with Crippen LogP contribution in [-0.2, 0) is 12.8 Å². The number of hydrogen-bond donors (Lipinski definition) is 1. The molecular formula is C21H31IN4OS. The van der Waals surface area contributed by atoms with Crippen LogP contribution >= 0.6 is 35.3 Å². The average molecular weight is 514 g/mol. The Balaban J connectivity index is 0.00000280. The van der Waals surface area contributed by atoms with E-state index in [1.54, 1.807) is 18.4 Å². The lowest BCUT2D eigenvalue weighted by Gasteiger charge is -2.21. The molecule has 1 atom stereocenters. The number of thiazole rings is 1. The van der Waals surface area contributed by atoms with Gasteiger partial charge in [0.05, 0.1) is 12.1 Å². The first kappa shape index (κ1) is 22.9. The first-order valence-electron chi connectivity index (χ1n) is 9.84. The molecule has 1 N–H and O–H groups in total. The number of nitrogens with zero attached hydrogens (tertiary/aromatic N) is 3. The van der Waals surface area contributed by atoms with Crippen LogP contribution in [-0.4, -0.2) is 49.1 Å². The van der Waals surface area contributed by atoms with Gasteiger partial charge in [0, 0.05) is 49.6 Å². The van der Waals surface area contributed by atoms with E-state index in [1.165, 1.54) is 15.4 Å². The Morgan fingerprint density at radius 1 is 1.32 bits per heavy atom. The minimum Gasteiger partial charge on any atom is -0.497 e. The molecule has 0 amide bonds. The van der Waals surface area contributed by atoms with Crippen LogP contribution in [0.4, 0.5) is 0 Å². The van der Waals surface area contributed by atoms with E-state index in [1.807, 2.05) is 6.20 Å². The van der Waals surface area contributed by atoms with Gasteiger partial charge in [-0.3, -0.25) is 4.99 Å². The third-order valence-electron chi connectivity index (χ3n) is 4.95. The molecule has 0 aliphatic carbocycles. The second kappa shape index (κ2) is 11.6. The Morgan fingerprint density at radius 3 is 2.75 bits per heavy atom. The van der Waals surface area contributed by atoms with E-state index in [2.05, 4.69) is 53.3 Å². The van der Waals surface area contributed by atoms with Gasteiger partial charge in [-0.2, -0.15) is 0 Å². The molecule has 1 fully saturated rings. The van der Waals surface area contributed by atoms with E-state index in [9.17, 15) is 0 Å². The van der Waals surface area contributed by atoms with E-state index >= 15 is 0 Å². The molecule has 0 radical (unpaired) electrons. The Morgan fingerprint density at radius 2 is 2.11 bits per heavy atom.